The molecule has 0 radical (unpaired) electrons. The smallest absolute Gasteiger partial charge is 0.406 e. The van der Waals surface area contributed by atoms with Crippen molar-refractivity contribution in [3.05, 3.63) is 58.6 Å². The number of nitrogens with zero attached hydrogens (tertiary/aromatic N) is 2. The normalized spacial score (nSPS) is 12.4. The SMILES string of the molecule is CC(Sc1nn(-c2ccccc2)c(=S)s1)C(=O)Nc1ccc(OC(F)(F)F)cc1. The van der Waals surface area contributed by atoms with E-state index in [4.69, 9.17) is 12.2 Å². The van der Waals surface area contributed by atoms with Crippen LogP contribution < -0.4 is 10.1 Å². The summed E-state index contributed by atoms with van der Waals surface area (Å²) in [6.07, 6.45) is -4.76. The maximum Gasteiger partial charge on any atom is 0.573 e. The first kappa shape index (κ1) is 21.3. The standard InChI is InChI=1S/C18H14F3N3O2S3/c1-11(15(25)22-12-7-9-14(10-8-12)26-18(19,20)21)28-16-23-24(17(27)29-16)13-5-3-2-4-6-13/h2-11H,1H3,(H,22,25). The van der Waals surface area contributed by atoms with Gasteiger partial charge in [0.05, 0.1) is 10.9 Å². The Hall–Kier alpha value is -2.37. The van der Waals surface area contributed by atoms with Crippen LogP contribution in [0.3, 0.4) is 0 Å². The van der Waals surface area contributed by atoms with Crippen molar-refractivity contribution in [3.8, 4) is 11.4 Å². The number of halogens is 3. The van der Waals surface area contributed by atoms with E-state index < -0.39 is 11.6 Å². The molecule has 0 saturated carbocycles. The Morgan fingerprint density at radius 3 is 2.48 bits per heavy atom. The number of aromatic nitrogens is 2. The summed E-state index contributed by atoms with van der Waals surface area (Å²) in [5.74, 6) is -0.670. The topological polar surface area (TPSA) is 56.2 Å². The van der Waals surface area contributed by atoms with Gasteiger partial charge in [0.2, 0.25) is 5.91 Å². The van der Waals surface area contributed by atoms with Gasteiger partial charge in [0, 0.05) is 5.69 Å². The Bertz CT molecular complexity index is 1030. The molecule has 0 aliphatic rings. The van der Waals surface area contributed by atoms with Crippen LogP contribution in [0.25, 0.3) is 5.69 Å². The zero-order valence-electron chi connectivity index (χ0n) is 14.8. The second-order valence-electron chi connectivity index (χ2n) is 5.70. The van der Waals surface area contributed by atoms with Crippen LogP contribution in [0.5, 0.6) is 5.75 Å². The van der Waals surface area contributed by atoms with Gasteiger partial charge in [0.25, 0.3) is 0 Å². The van der Waals surface area contributed by atoms with Crippen molar-refractivity contribution in [3.63, 3.8) is 0 Å². The van der Waals surface area contributed by atoms with E-state index in [1.54, 1.807) is 11.6 Å². The van der Waals surface area contributed by atoms with E-state index >= 15 is 0 Å². The molecule has 1 unspecified atom stereocenters. The third-order valence-corrected chi connectivity index (χ3v) is 5.95. The summed E-state index contributed by atoms with van der Waals surface area (Å²) < 4.78 is 43.2. The molecule has 1 heterocycles. The van der Waals surface area contributed by atoms with Gasteiger partial charge in [-0.05, 0) is 55.5 Å². The number of amides is 1. The van der Waals surface area contributed by atoms with Crippen LogP contribution in [-0.4, -0.2) is 27.3 Å². The number of anilines is 1. The monoisotopic (exact) mass is 457 g/mol. The molecule has 5 nitrogen and oxygen atoms in total. The zero-order valence-corrected chi connectivity index (χ0v) is 17.3. The fourth-order valence-corrected chi connectivity index (χ4v) is 4.73. The molecule has 3 rings (SSSR count). The minimum atomic E-state index is -4.76. The van der Waals surface area contributed by atoms with Crippen molar-refractivity contribution in [1.29, 1.82) is 0 Å². The molecule has 1 aromatic heterocycles. The zero-order chi connectivity index (χ0) is 21.0. The first-order chi connectivity index (χ1) is 13.7. The van der Waals surface area contributed by atoms with Crippen LogP contribution in [0, 0.1) is 3.95 Å². The van der Waals surface area contributed by atoms with E-state index in [2.05, 4.69) is 15.2 Å². The average Bonchev–Trinajstić information content (AvgIpc) is 3.03. The highest BCUT2D eigenvalue weighted by atomic mass is 32.2. The fourth-order valence-electron chi connectivity index (χ4n) is 2.23. The summed E-state index contributed by atoms with van der Waals surface area (Å²) >= 11 is 7.88. The summed E-state index contributed by atoms with van der Waals surface area (Å²) in [5.41, 5.74) is 1.19. The minimum absolute atomic E-state index is 0.313. The number of benzene rings is 2. The van der Waals surface area contributed by atoms with E-state index in [-0.39, 0.29) is 11.7 Å². The largest absolute Gasteiger partial charge is 0.573 e. The van der Waals surface area contributed by atoms with Gasteiger partial charge in [-0.3, -0.25) is 4.79 Å². The van der Waals surface area contributed by atoms with Gasteiger partial charge in [0.15, 0.2) is 8.29 Å². The Morgan fingerprint density at radius 2 is 1.86 bits per heavy atom. The summed E-state index contributed by atoms with van der Waals surface area (Å²) in [6, 6.07) is 14.4. The van der Waals surface area contributed by atoms with Gasteiger partial charge < -0.3 is 10.1 Å². The molecule has 0 saturated heterocycles. The van der Waals surface area contributed by atoms with E-state index in [1.807, 2.05) is 30.3 Å². The Kier molecular flexibility index (Phi) is 6.60. The highest BCUT2D eigenvalue weighted by molar-refractivity contribution is 8.02. The molecule has 1 N–H and O–H groups in total. The number of carbonyl (C=O) groups excluding carboxylic acids is 1. The predicted molar refractivity (Wildman–Crippen MR) is 109 cm³/mol. The van der Waals surface area contributed by atoms with Crippen LogP contribution in [0.2, 0.25) is 0 Å². The number of para-hydroxylation sites is 1. The van der Waals surface area contributed by atoms with Crippen molar-refractivity contribution >= 4 is 46.9 Å². The number of hydrogen-bond acceptors (Lipinski definition) is 6. The molecule has 0 spiro atoms. The summed E-state index contributed by atoms with van der Waals surface area (Å²) in [5, 5.41) is 6.60. The van der Waals surface area contributed by atoms with Gasteiger partial charge in [0.1, 0.15) is 5.75 Å². The molecule has 0 bridgehead atoms. The number of thioether (sulfide) groups is 1. The van der Waals surface area contributed by atoms with Crippen LogP contribution in [0.1, 0.15) is 6.92 Å². The molecule has 2 aromatic carbocycles. The molecule has 152 valence electrons. The predicted octanol–water partition coefficient (Wildman–Crippen LogP) is 5.68. The quantitative estimate of drug-likeness (QED) is 0.381. The van der Waals surface area contributed by atoms with Gasteiger partial charge in [-0.25, -0.2) is 4.68 Å². The molecule has 0 fully saturated rings. The van der Waals surface area contributed by atoms with Crippen LogP contribution in [0.15, 0.2) is 58.9 Å². The van der Waals surface area contributed by atoms with Gasteiger partial charge in [-0.1, -0.05) is 41.3 Å². The lowest BCUT2D eigenvalue weighted by molar-refractivity contribution is -0.274. The second-order valence-corrected chi connectivity index (χ2v) is 8.91. The van der Waals surface area contributed by atoms with E-state index in [1.165, 1.54) is 35.2 Å². The van der Waals surface area contributed by atoms with Gasteiger partial charge >= 0.3 is 6.36 Å². The van der Waals surface area contributed by atoms with Gasteiger partial charge in [-0.15, -0.1) is 18.3 Å². The average molecular weight is 458 g/mol. The molecule has 11 heteroatoms. The number of carbonyl (C=O) groups is 1. The molecule has 3 aromatic rings. The number of alkyl halides is 3. The molecule has 29 heavy (non-hydrogen) atoms. The van der Waals surface area contributed by atoms with E-state index in [0.717, 1.165) is 17.8 Å². The summed E-state index contributed by atoms with van der Waals surface area (Å²) in [6.45, 7) is 1.71. The molecule has 0 aliphatic carbocycles. The van der Waals surface area contributed by atoms with Crippen molar-refractivity contribution < 1.29 is 22.7 Å². The first-order valence-electron chi connectivity index (χ1n) is 8.20. The molecular weight excluding hydrogens is 443 g/mol. The van der Waals surface area contributed by atoms with Crippen molar-refractivity contribution in [1.82, 2.24) is 9.78 Å². The van der Waals surface area contributed by atoms with Crippen molar-refractivity contribution in [2.75, 3.05) is 5.32 Å². The molecule has 1 amide bonds. The third kappa shape index (κ3) is 6.05. The number of nitrogens with one attached hydrogen (secondary N) is 1. The lowest BCUT2D eigenvalue weighted by Crippen LogP contribution is -2.22. The first-order valence-corrected chi connectivity index (χ1v) is 10.3. The molecule has 0 aliphatic heterocycles. The maximum atomic E-state index is 12.4. The lowest BCUT2D eigenvalue weighted by atomic mass is 10.3. The highest BCUT2D eigenvalue weighted by Gasteiger charge is 2.31. The maximum absolute atomic E-state index is 12.4. The van der Waals surface area contributed by atoms with E-state index in [0.29, 0.717) is 14.0 Å². The number of hydrogen-bond donors (Lipinski definition) is 1. The lowest BCUT2D eigenvalue weighted by Gasteiger charge is -2.12. The van der Waals surface area contributed by atoms with Crippen LogP contribution >= 0.6 is 35.3 Å². The second kappa shape index (κ2) is 8.97. The Labute approximate surface area is 177 Å². The van der Waals surface area contributed by atoms with Crippen molar-refractivity contribution in [2.45, 2.75) is 22.9 Å². The van der Waals surface area contributed by atoms with Crippen molar-refractivity contribution in [2.24, 2.45) is 0 Å². The van der Waals surface area contributed by atoms with Crippen LogP contribution in [-0.2, 0) is 4.79 Å². The Balaban J connectivity index is 1.62. The number of rotatable bonds is 6. The highest BCUT2D eigenvalue weighted by Crippen LogP contribution is 2.29. The Morgan fingerprint density at radius 1 is 1.21 bits per heavy atom. The summed E-state index contributed by atoms with van der Waals surface area (Å²) in [7, 11) is 0. The number of ether oxygens (including phenoxy) is 1. The third-order valence-electron chi connectivity index (χ3n) is 3.53. The van der Waals surface area contributed by atoms with Gasteiger partial charge in [-0.2, -0.15) is 0 Å². The van der Waals surface area contributed by atoms with E-state index in [9.17, 15) is 18.0 Å². The molecular formula is C18H14F3N3O2S3. The molecule has 1 atom stereocenters. The minimum Gasteiger partial charge on any atom is -0.406 e. The fraction of sp³-hybridized carbons (Fsp3) is 0.167. The van der Waals surface area contributed by atoms with Crippen LogP contribution in [0.4, 0.5) is 18.9 Å². The summed E-state index contributed by atoms with van der Waals surface area (Å²) in [4.78, 5) is 12.4.